The fraction of sp³-hybridized carbons (Fsp3) is 1.00. The van der Waals surface area contributed by atoms with Gasteiger partial charge in [0.15, 0.2) is 0 Å². The van der Waals surface area contributed by atoms with Crippen molar-refractivity contribution in [3.05, 3.63) is 0 Å². The third-order valence-corrected chi connectivity index (χ3v) is 3.47. The highest BCUT2D eigenvalue weighted by Gasteiger charge is 2.12. The topological polar surface area (TPSA) is 24.9 Å². The van der Waals surface area contributed by atoms with Crippen molar-refractivity contribution in [2.24, 2.45) is 0 Å². The van der Waals surface area contributed by atoms with Crippen LogP contribution >= 0.6 is 0 Å². The lowest BCUT2D eigenvalue weighted by atomic mass is 10.2. The lowest BCUT2D eigenvalue weighted by Gasteiger charge is -2.22. The first-order valence-corrected chi connectivity index (χ1v) is 7.21. The summed E-state index contributed by atoms with van der Waals surface area (Å²) in [6, 6.07) is 0. The lowest BCUT2D eigenvalue weighted by molar-refractivity contribution is -0.170. The highest BCUT2D eigenvalue weighted by atomic mass is 16.7. The maximum Gasteiger partial charge on any atom is 0.0685 e. The summed E-state index contributed by atoms with van der Waals surface area (Å²) in [5.74, 6) is 0. The van der Waals surface area contributed by atoms with Gasteiger partial charge in [-0.2, -0.15) is 10.1 Å². The molecule has 17 heavy (non-hydrogen) atoms. The van der Waals surface area contributed by atoms with Crippen LogP contribution < -0.4 is 0 Å². The average molecular weight is 242 g/mol. The van der Waals surface area contributed by atoms with Crippen LogP contribution in [0.5, 0.6) is 0 Å². The van der Waals surface area contributed by atoms with Crippen LogP contribution in [0.25, 0.3) is 0 Å². The summed E-state index contributed by atoms with van der Waals surface area (Å²) >= 11 is 0. The van der Waals surface area contributed by atoms with E-state index >= 15 is 0 Å². The summed E-state index contributed by atoms with van der Waals surface area (Å²) in [5.41, 5.74) is 0. The highest BCUT2D eigenvalue weighted by Crippen LogP contribution is 2.10. The molecule has 0 amide bonds. The van der Waals surface area contributed by atoms with Gasteiger partial charge in [0.2, 0.25) is 0 Å². The summed E-state index contributed by atoms with van der Waals surface area (Å²) in [4.78, 5) is 11.4. The minimum absolute atomic E-state index is 0.903. The molecule has 0 atom stereocenters. The van der Waals surface area contributed by atoms with Gasteiger partial charge in [-0.1, -0.05) is 0 Å². The molecule has 0 aromatic rings. The van der Waals surface area contributed by atoms with E-state index < -0.39 is 0 Å². The molecule has 2 aliphatic rings. The molecule has 2 fully saturated rings. The van der Waals surface area contributed by atoms with E-state index in [1.165, 1.54) is 38.5 Å². The minimum Gasteiger partial charge on any atom is -0.299 e. The predicted molar refractivity (Wildman–Crippen MR) is 67.4 cm³/mol. The van der Waals surface area contributed by atoms with E-state index in [2.05, 4.69) is 10.1 Å². The van der Waals surface area contributed by atoms with Crippen molar-refractivity contribution in [1.29, 1.82) is 0 Å². The quantitative estimate of drug-likeness (QED) is 0.754. The van der Waals surface area contributed by atoms with E-state index in [1.54, 1.807) is 0 Å². The maximum absolute atomic E-state index is 5.69. The molecule has 0 aromatic heterocycles. The summed E-state index contributed by atoms with van der Waals surface area (Å²) < 4.78 is 0. The smallest absolute Gasteiger partial charge is 0.0685 e. The van der Waals surface area contributed by atoms with Gasteiger partial charge in [0.25, 0.3) is 0 Å². The fourth-order valence-electron chi connectivity index (χ4n) is 2.43. The van der Waals surface area contributed by atoms with Crippen LogP contribution in [0.3, 0.4) is 0 Å². The number of rotatable bonds is 4. The second-order valence-electron chi connectivity index (χ2n) is 5.00. The monoisotopic (exact) mass is 242 g/mol. The Bertz CT molecular complexity index is 166. The van der Waals surface area contributed by atoms with Gasteiger partial charge in [0.05, 0.1) is 13.2 Å². The van der Waals surface area contributed by atoms with E-state index in [-0.39, 0.29) is 0 Å². The molecule has 0 bridgehead atoms. The molecule has 100 valence electrons. The molecule has 2 aliphatic heterocycles. The number of hydroxylamine groups is 4. The molecule has 0 aromatic carbocycles. The molecule has 4 nitrogen and oxygen atoms in total. The van der Waals surface area contributed by atoms with Crippen LogP contribution in [0.4, 0.5) is 0 Å². The van der Waals surface area contributed by atoms with Crippen LogP contribution in [0, 0.1) is 0 Å². The second-order valence-corrected chi connectivity index (χ2v) is 5.00. The summed E-state index contributed by atoms with van der Waals surface area (Å²) in [5, 5.41) is 4.29. The zero-order valence-corrected chi connectivity index (χ0v) is 10.9. The van der Waals surface area contributed by atoms with Gasteiger partial charge in [0.1, 0.15) is 0 Å². The molecule has 0 N–H and O–H groups in total. The standard InChI is InChI=1S/C13H26N2O2/c1-3-8-14(16-12-5-1)10-7-11-15-9-4-2-6-13-17-15/h1-13H2. The van der Waals surface area contributed by atoms with Crippen LogP contribution in [0.15, 0.2) is 0 Å². The van der Waals surface area contributed by atoms with E-state index in [9.17, 15) is 0 Å². The van der Waals surface area contributed by atoms with E-state index in [0.29, 0.717) is 0 Å². The van der Waals surface area contributed by atoms with Gasteiger partial charge in [0, 0.05) is 26.2 Å². The Morgan fingerprint density at radius 2 is 1.18 bits per heavy atom. The van der Waals surface area contributed by atoms with Gasteiger partial charge >= 0.3 is 0 Å². The van der Waals surface area contributed by atoms with Crippen molar-refractivity contribution in [3.8, 4) is 0 Å². The molecule has 2 saturated heterocycles. The van der Waals surface area contributed by atoms with Crippen molar-refractivity contribution < 1.29 is 9.68 Å². The Morgan fingerprint density at radius 3 is 1.71 bits per heavy atom. The molecule has 2 heterocycles. The van der Waals surface area contributed by atoms with Gasteiger partial charge in [-0.25, -0.2) is 0 Å². The van der Waals surface area contributed by atoms with E-state index in [4.69, 9.17) is 9.68 Å². The normalized spacial score (nSPS) is 25.4. The second kappa shape index (κ2) is 8.03. The Balaban J connectivity index is 1.57. The van der Waals surface area contributed by atoms with Crippen LogP contribution in [0.2, 0.25) is 0 Å². The molecular weight excluding hydrogens is 216 g/mol. The third kappa shape index (κ3) is 5.34. The Hall–Kier alpha value is -0.160. The zero-order chi connectivity index (χ0) is 11.8. The fourth-order valence-corrected chi connectivity index (χ4v) is 2.43. The number of hydrogen-bond acceptors (Lipinski definition) is 4. The maximum atomic E-state index is 5.69. The highest BCUT2D eigenvalue weighted by molar-refractivity contribution is 4.57. The van der Waals surface area contributed by atoms with Crippen molar-refractivity contribution in [2.75, 3.05) is 39.4 Å². The molecule has 0 aliphatic carbocycles. The summed E-state index contributed by atoms with van der Waals surface area (Å²) in [7, 11) is 0. The average Bonchev–Trinajstić information content (AvgIpc) is 2.73. The Kier molecular flexibility index (Phi) is 6.27. The first kappa shape index (κ1) is 13.3. The summed E-state index contributed by atoms with van der Waals surface area (Å²) in [6.07, 6.45) is 8.75. The lowest BCUT2D eigenvalue weighted by Crippen LogP contribution is -2.30. The first-order chi connectivity index (χ1) is 8.45. The summed E-state index contributed by atoms with van der Waals surface area (Å²) in [6.45, 7) is 6.09. The third-order valence-electron chi connectivity index (χ3n) is 3.47. The first-order valence-electron chi connectivity index (χ1n) is 7.21. The molecule has 0 saturated carbocycles. The van der Waals surface area contributed by atoms with Gasteiger partial charge < -0.3 is 0 Å². The largest absolute Gasteiger partial charge is 0.299 e. The molecular formula is C13H26N2O2. The minimum atomic E-state index is 0.903. The SMILES string of the molecule is C1CCON(CCCN2CCCCCO2)CC1. The van der Waals surface area contributed by atoms with Crippen molar-refractivity contribution >= 4 is 0 Å². The number of hydrogen-bond donors (Lipinski definition) is 0. The van der Waals surface area contributed by atoms with E-state index in [1.807, 2.05) is 0 Å². The molecule has 4 heteroatoms. The Labute approximate surface area is 105 Å². The van der Waals surface area contributed by atoms with E-state index in [0.717, 1.165) is 45.8 Å². The zero-order valence-electron chi connectivity index (χ0n) is 10.9. The van der Waals surface area contributed by atoms with Crippen LogP contribution in [-0.2, 0) is 9.68 Å². The number of nitrogens with zero attached hydrogens (tertiary/aromatic N) is 2. The van der Waals surface area contributed by atoms with Crippen molar-refractivity contribution in [1.82, 2.24) is 10.1 Å². The van der Waals surface area contributed by atoms with Gasteiger partial charge in [-0.3, -0.25) is 9.68 Å². The molecule has 2 rings (SSSR count). The molecule has 0 unspecified atom stereocenters. The predicted octanol–water partition coefficient (Wildman–Crippen LogP) is 2.21. The van der Waals surface area contributed by atoms with Crippen molar-refractivity contribution in [2.45, 2.75) is 44.9 Å². The molecule has 0 spiro atoms. The van der Waals surface area contributed by atoms with Gasteiger partial charge in [-0.15, -0.1) is 0 Å². The van der Waals surface area contributed by atoms with Crippen LogP contribution in [0.1, 0.15) is 44.9 Å². The molecule has 0 radical (unpaired) electrons. The Morgan fingerprint density at radius 1 is 0.647 bits per heavy atom. The van der Waals surface area contributed by atoms with Crippen molar-refractivity contribution in [3.63, 3.8) is 0 Å². The van der Waals surface area contributed by atoms with Gasteiger partial charge in [-0.05, 0) is 44.9 Å². The van der Waals surface area contributed by atoms with Crippen LogP contribution in [-0.4, -0.2) is 49.5 Å².